The minimum atomic E-state index is -0.682. The fourth-order valence-corrected chi connectivity index (χ4v) is 1.21. The molecule has 0 bridgehead atoms. The van der Waals surface area contributed by atoms with Crippen LogP contribution in [-0.4, -0.2) is 65.6 Å². The quantitative estimate of drug-likeness (QED) is 0.457. The van der Waals surface area contributed by atoms with Crippen LogP contribution in [0.5, 0.6) is 11.5 Å². The van der Waals surface area contributed by atoms with Crippen LogP contribution < -0.4 is 5.32 Å². The Morgan fingerprint density at radius 1 is 1.19 bits per heavy atom. The molecule has 0 radical (unpaired) electrons. The number of hydrogen-bond acceptors (Lipinski definition) is 4. The van der Waals surface area contributed by atoms with Crippen LogP contribution in [0.1, 0.15) is 25.5 Å². The van der Waals surface area contributed by atoms with Gasteiger partial charge in [-0.15, -0.1) is 0 Å². The molecule has 1 aromatic carbocycles. The first-order valence-corrected chi connectivity index (χ1v) is 4.94. The second kappa shape index (κ2) is 7.35. The van der Waals surface area contributed by atoms with Gasteiger partial charge in [-0.05, 0) is 17.7 Å². The van der Waals surface area contributed by atoms with Crippen molar-refractivity contribution < 1.29 is 15.3 Å². The van der Waals surface area contributed by atoms with Gasteiger partial charge in [0.2, 0.25) is 0 Å². The fourth-order valence-electron chi connectivity index (χ4n) is 1.21. The van der Waals surface area contributed by atoms with Gasteiger partial charge in [-0.3, -0.25) is 0 Å². The van der Waals surface area contributed by atoms with Gasteiger partial charge in [0.25, 0.3) is 0 Å². The van der Waals surface area contributed by atoms with Crippen molar-refractivity contribution in [3.8, 4) is 11.5 Å². The van der Waals surface area contributed by atoms with Gasteiger partial charge in [0.15, 0.2) is 11.5 Å². The summed E-state index contributed by atoms with van der Waals surface area (Å²) in [6.07, 6.45) is -0.682. The van der Waals surface area contributed by atoms with E-state index in [1.807, 2.05) is 13.8 Å². The standard InChI is InChI=1S/C11H17NO3.Ca.2H/c1-7(2)12-6-11(15)8-3-4-9(13)10(14)5-8;;;/h3-5,7,11-15H,6H2,1-2H3;;;. The molecule has 1 unspecified atom stereocenters. The molecule has 0 aliphatic rings. The monoisotopic (exact) mass is 253 g/mol. The molecule has 1 atom stereocenters. The average Bonchev–Trinajstić information content (AvgIpc) is 2.18. The maximum atomic E-state index is 9.73. The van der Waals surface area contributed by atoms with Crippen LogP contribution in [0, 0.1) is 0 Å². The zero-order chi connectivity index (χ0) is 11.4. The van der Waals surface area contributed by atoms with E-state index in [2.05, 4.69) is 5.32 Å². The van der Waals surface area contributed by atoms with E-state index in [1.165, 1.54) is 12.1 Å². The van der Waals surface area contributed by atoms with Crippen LogP contribution in [0.2, 0.25) is 0 Å². The molecule has 0 saturated carbocycles. The molecule has 0 amide bonds. The van der Waals surface area contributed by atoms with Gasteiger partial charge >= 0.3 is 37.7 Å². The van der Waals surface area contributed by atoms with Gasteiger partial charge in [0.1, 0.15) is 0 Å². The van der Waals surface area contributed by atoms with Gasteiger partial charge in [-0.1, -0.05) is 19.9 Å². The second-order valence-electron chi connectivity index (χ2n) is 3.83. The van der Waals surface area contributed by atoms with Gasteiger partial charge in [-0.2, -0.15) is 0 Å². The van der Waals surface area contributed by atoms with E-state index in [4.69, 9.17) is 5.11 Å². The van der Waals surface area contributed by atoms with Crippen molar-refractivity contribution in [2.24, 2.45) is 0 Å². The predicted octanol–water partition coefficient (Wildman–Crippen LogP) is 0.213. The molecule has 4 nitrogen and oxygen atoms in total. The first-order chi connectivity index (χ1) is 7.00. The van der Waals surface area contributed by atoms with E-state index >= 15 is 0 Å². The Morgan fingerprint density at radius 3 is 2.31 bits per heavy atom. The van der Waals surface area contributed by atoms with Crippen LogP contribution in [0.15, 0.2) is 18.2 Å². The SMILES string of the molecule is CC(C)NCC(O)c1ccc(O)c(O)c1.[CaH2]. The van der Waals surface area contributed by atoms with E-state index in [0.29, 0.717) is 18.2 Å². The Balaban J connectivity index is 0.00000225. The van der Waals surface area contributed by atoms with E-state index in [-0.39, 0.29) is 49.2 Å². The molecule has 0 spiro atoms. The number of benzene rings is 1. The number of rotatable bonds is 4. The van der Waals surface area contributed by atoms with Gasteiger partial charge < -0.3 is 20.6 Å². The van der Waals surface area contributed by atoms with Crippen LogP contribution in [0.3, 0.4) is 0 Å². The molecule has 0 saturated heterocycles. The van der Waals surface area contributed by atoms with Crippen LogP contribution >= 0.6 is 0 Å². The number of nitrogens with one attached hydrogen (secondary N) is 1. The third kappa shape index (κ3) is 4.89. The Labute approximate surface area is 125 Å². The van der Waals surface area contributed by atoms with Crippen molar-refractivity contribution in [2.45, 2.75) is 26.0 Å². The van der Waals surface area contributed by atoms with Crippen LogP contribution in [-0.2, 0) is 0 Å². The molecule has 88 valence electrons. The van der Waals surface area contributed by atoms with Crippen molar-refractivity contribution >= 4 is 37.7 Å². The minimum absolute atomic E-state index is 0. The number of aliphatic hydroxyl groups is 1. The summed E-state index contributed by atoms with van der Waals surface area (Å²) in [5.41, 5.74) is 0.582. The summed E-state index contributed by atoms with van der Waals surface area (Å²) in [6, 6.07) is 4.61. The van der Waals surface area contributed by atoms with E-state index in [0.717, 1.165) is 0 Å². The third-order valence-corrected chi connectivity index (χ3v) is 2.10. The number of phenolic OH excluding ortho intramolecular Hbond substituents is 2. The number of aliphatic hydroxyl groups excluding tert-OH is 1. The summed E-state index contributed by atoms with van der Waals surface area (Å²) in [5.74, 6) is -0.390. The molecule has 16 heavy (non-hydrogen) atoms. The van der Waals surface area contributed by atoms with E-state index in [9.17, 15) is 10.2 Å². The van der Waals surface area contributed by atoms with Gasteiger partial charge in [0, 0.05) is 12.6 Å². The van der Waals surface area contributed by atoms with Crippen molar-refractivity contribution in [3.63, 3.8) is 0 Å². The van der Waals surface area contributed by atoms with Gasteiger partial charge in [0.05, 0.1) is 6.10 Å². The first kappa shape index (κ1) is 16.0. The molecule has 0 aliphatic carbocycles. The average molecular weight is 253 g/mol. The normalized spacial score (nSPS) is 12.2. The van der Waals surface area contributed by atoms with Crippen LogP contribution in [0.4, 0.5) is 0 Å². The predicted molar refractivity (Wildman–Crippen MR) is 66.4 cm³/mol. The summed E-state index contributed by atoms with van der Waals surface area (Å²) in [4.78, 5) is 0. The zero-order valence-electron chi connectivity index (χ0n) is 8.94. The van der Waals surface area contributed by atoms with Gasteiger partial charge in [-0.25, -0.2) is 0 Å². The number of phenols is 2. The fraction of sp³-hybridized carbons (Fsp3) is 0.455. The summed E-state index contributed by atoms with van der Waals surface area (Å²) in [7, 11) is 0. The maximum absolute atomic E-state index is 9.73. The molecule has 1 aromatic rings. The van der Waals surface area contributed by atoms with Crippen molar-refractivity contribution in [1.29, 1.82) is 0 Å². The van der Waals surface area contributed by atoms with E-state index in [1.54, 1.807) is 6.07 Å². The molecule has 0 fully saturated rings. The molecular weight excluding hydrogens is 234 g/mol. The molecule has 5 heteroatoms. The molecule has 0 heterocycles. The van der Waals surface area contributed by atoms with E-state index < -0.39 is 6.10 Å². The zero-order valence-corrected chi connectivity index (χ0v) is 8.94. The third-order valence-electron chi connectivity index (χ3n) is 2.10. The first-order valence-electron chi connectivity index (χ1n) is 4.94. The molecular formula is C11H19CaNO3. The Morgan fingerprint density at radius 2 is 1.81 bits per heavy atom. The van der Waals surface area contributed by atoms with Crippen molar-refractivity contribution in [2.75, 3.05) is 6.54 Å². The second-order valence-corrected chi connectivity index (χ2v) is 3.83. The molecule has 0 aromatic heterocycles. The van der Waals surface area contributed by atoms with Crippen molar-refractivity contribution in [1.82, 2.24) is 5.32 Å². The summed E-state index contributed by atoms with van der Waals surface area (Å²) >= 11 is 0. The molecule has 4 N–H and O–H groups in total. The Hall–Kier alpha value is -0.000260. The Kier molecular flexibility index (Phi) is 7.35. The summed E-state index contributed by atoms with van der Waals surface area (Å²) in [5, 5.41) is 31.2. The van der Waals surface area contributed by atoms with Crippen LogP contribution in [0.25, 0.3) is 0 Å². The number of aromatic hydroxyl groups is 2. The summed E-state index contributed by atoms with van der Waals surface area (Å²) < 4.78 is 0. The van der Waals surface area contributed by atoms with Crippen molar-refractivity contribution in [3.05, 3.63) is 23.8 Å². The summed E-state index contributed by atoms with van der Waals surface area (Å²) in [6.45, 7) is 4.39. The number of hydrogen-bond donors (Lipinski definition) is 4. The Bertz CT molecular complexity index is 331. The topological polar surface area (TPSA) is 72.7 Å². The molecule has 1 rings (SSSR count). The molecule has 0 aliphatic heterocycles.